The molecule has 1 amide bonds. The van der Waals surface area contributed by atoms with E-state index in [1.807, 2.05) is 6.08 Å². The summed E-state index contributed by atoms with van der Waals surface area (Å²) in [5, 5.41) is 65.0. The highest BCUT2D eigenvalue weighted by atomic mass is 16.7. The third-order valence-corrected chi connectivity index (χ3v) is 14.3. The molecule has 0 radical (unpaired) electrons. The minimum Gasteiger partial charge on any atom is -0.394 e. The Morgan fingerprint density at radius 1 is 0.486 bits per heavy atom. The smallest absolute Gasteiger partial charge is 0.249 e. The molecule has 7 N–H and O–H groups in total. The van der Waals surface area contributed by atoms with Crippen LogP contribution in [0.4, 0.5) is 0 Å². The molecule has 0 bridgehead atoms. The summed E-state index contributed by atoms with van der Waals surface area (Å²) in [6, 6.07) is -0.997. The molecule has 1 saturated heterocycles. The van der Waals surface area contributed by atoms with Gasteiger partial charge in [0, 0.05) is 0 Å². The van der Waals surface area contributed by atoms with Crippen molar-refractivity contribution in [3.63, 3.8) is 0 Å². The number of amides is 1. The molecule has 0 spiro atoms. The van der Waals surface area contributed by atoms with Crippen molar-refractivity contribution in [2.24, 2.45) is 0 Å². The van der Waals surface area contributed by atoms with E-state index in [0.29, 0.717) is 19.3 Å². The number of aliphatic hydroxyl groups is 6. The van der Waals surface area contributed by atoms with Crippen molar-refractivity contribution >= 4 is 5.91 Å². The first-order chi connectivity index (χ1) is 34.3. The monoisotopic (exact) mass is 992 g/mol. The number of unbranched alkanes of at least 4 members (excludes halogenated alkanes) is 36. The highest BCUT2D eigenvalue weighted by molar-refractivity contribution is 5.80. The summed E-state index contributed by atoms with van der Waals surface area (Å²) in [6.07, 6.45) is 54.0. The average Bonchev–Trinajstić information content (AvgIpc) is 3.36. The van der Waals surface area contributed by atoms with Crippen molar-refractivity contribution in [1.29, 1.82) is 0 Å². The number of hydrogen-bond donors (Lipinski definition) is 7. The Labute approximate surface area is 430 Å². The Bertz CT molecular complexity index is 1210. The summed E-state index contributed by atoms with van der Waals surface area (Å²) in [6.45, 7) is 3.62. The fraction of sp³-hybridized carbons (Fsp3) is 0.883. The van der Waals surface area contributed by atoms with Crippen LogP contribution in [0.15, 0.2) is 36.5 Å². The fourth-order valence-electron chi connectivity index (χ4n) is 9.47. The molecule has 8 atom stereocenters. The molecule has 0 aromatic carbocycles. The van der Waals surface area contributed by atoms with Gasteiger partial charge in [0.25, 0.3) is 0 Å². The van der Waals surface area contributed by atoms with Gasteiger partial charge in [-0.3, -0.25) is 4.79 Å². The molecule has 10 heteroatoms. The second-order valence-electron chi connectivity index (χ2n) is 20.9. The molecule has 0 saturated carbocycles. The summed E-state index contributed by atoms with van der Waals surface area (Å²) in [5.41, 5.74) is 0. The van der Waals surface area contributed by atoms with Gasteiger partial charge in [0.15, 0.2) is 6.29 Å². The van der Waals surface area contributed by atoms with Gasteiger partial charge in [0.05, 0.1) is 25.4 Å². The lowest BCUT2D eigenvalue weighted by molar-refractivity contribution is -0.302. The molecule has 0 aliphatic carbocycles. The van der Waals surface area contributed by atoms with Gasteiger partial charge in [-0.15, -0.1) is 0 Å². The van der Waals surface area contributed by atoms with Crippen molar-refractivity contribution in [2.45, 2.75) is 326 Å². The van der Waals surface area contributed by atoms with E-state index in [1.165, 1.54) is 212 Å². The minimum atomic E-state index is -1.62. The quantitative estimate of drug-likeness (QED) is 0.0232. The van der Waals surface area contributed by atoms with Gasteiger partial charge >= 0.3 is 0 Å². The van der Waals surface area contributed by atoms with Crippen LogP contribution in [0.3, 0.4) is 0 Å². The molecule has 1 fully saturated rings. The van der Waals surface area contributed by atoms with Crippen LogP contribution in [-0.4, -0.2) is 98.7 Å². The van der Waals surface area contributed by atoms with Gasteiger partial charge in [0.1, 0.15) is 30.5 Å². The number of carbonyl (C=O) groups is 1. The van der Waals surface area contributed by atoms with Crippen LogP contribution in [0.2, 0.25) is 0 Å². The van der Waals surface area contributed by atoms with E-state index in [9.17, 15) is 35.4 Å². The molecule has 1 rings (SSSR count). The number of carbonyl (C=O) groups excluding carboxylic acids is 1. The SMILES string of the molecule is CCCCCCCCCCCC/C=C/CC/C=C/C(O)C(COC1OC(CO)C(O)C(O)C1O)NC(=O)C(O)CCCCCCCCCCCCCCC/C=C\CCCCCCCCCCCCCC. The van der Waals surface area contributed by atoms with E-state index in [1.54, 1.807) is 6.08 Å². The van der Waals surface area contributed by atoms with E-state index in [2.05, 4.69) is 43.5 Å². The lowest BCUT2D eigenvalue weighted by Gasteiger charge is -2.40. The van der Waals surface area contributed by atoms with Gasteiger partial charge in [-0.2, -0.15) is 0 Å². The molecule has 0 aromatic heterocycles. The zero-order valence-corrected chi connectivity index (χ0v) is 45.4. The molecular weight excluding hydrogens is 879 g/mol. The molecule has 1 aliphatic rings. The second-order valence-corrected chi connectivity index (χ2v) is 20.9. The van der Waals surface area contributed by atoms with Crippen LogP contribution < -0.4 is 5.32 Å². The second kappa shape index (κ2) is 49.6. The van der Waals surface area contributed by atoms with Gasteiger partial charge in [-0.1, -0.05) is 256 Å². The van der Waals surface area contributed by atoms with Crippen molar-refractivity contribution in [3.05, 3.63) is 36.5 Å². The molecule has 10 nitrogen and oxygen atoms in total. The van der Waals surface area contributed by atoms with Gasteiger partial charge in [0.2, 0.25) is 5.91 Å². The van der Waals surface area contributed by atoms with E-state index in [0.717, 1.165) is 32.1 Å². The maximum absolute atomic E-state index is 13.1. The van der Waals surface area contributed by atoms with Crippen molar-refractivity contribution in [1.82, 2.24) is 5.32 Å². The van der Waals surface area contributed by atoms with Crippen LogP contribution in [0.5, 0.6) is 0 Å². The Kier molecular flexibility index (Phi) is 47.0. The van der Waals surface area contributed by atoms with Crippen molar-refractivity contribution in [3.8, 4) is 0 Å². The predicted octanol–water partition coefficient (Wildman–Crippen LogP) is 13.7. The van der Waals surface area contributed by atoms with E-state index in [4.69, 9.17) is 9.47 Å². The minimum absolute atomic E-state index is 0.305. The van der Waals surface area contributed by atoms with Crippen LogP contribution in [0.25, 0.3) is 0 Å². The third-order valence-electron chi connectivity index (χ3n) is 14.3. The predicted molar refractivity (Wildman–Crippen MR) is 292 cm³/mol. The standard InChI is InChI=1S/C60H113NO9/c1-3-5-7-9-11-13-15-17-19-21-22-23-24-25-26-27-28-29-30-31-32-33-35-37-39-41-43-45-47-49-54(64)59(68)61-52(51-69-60-58(67)57(66)56(65)55(50-62)70-60)53(63)48-46-44-42-40-38-36-34-20-18-16-14-12-10-8-6-4-2/h25-26,38,40,46,48,52-58,60,62-67H,3-24,27-37,39,41-45,47,49-51H2,1-2H3,(H,61,68)/b26-25-,40-38+,48-46+. The Hall–Kier alpha value is -1.63. The topological polar surface area (TPSA) is 169 Å². The molecule has 0 aromatic rings. The molecule has 70 heavy (non-hydrogen) atoms. The zero-order chi connectivity index (χ0) is 51.0. The summed E-state index contributed by atoms with van der Waals surface area (Å²) in [5.74, 6) is -0.623. The number of rotatable bonds is 51. The van der Waals surface area contributed by atoms with Crippen LogP contribution in [0.1, 0.15) is 277 Å². The van der Waals surface area contributed by atoms with E-state index < -0.39 is 61.5 Å². The Morgan fingerprint density at radius 3 is 1.24 bits per heavy atom. The zero-order valence-electron chi connectivity index (χ0n) is 45.4. The summed E-state index contributed by atoms with van der Waals surface area (Å²) in [4.78, 5) is 13.1. The van der Waals surface area contributed by atoms with Crippen molar-refractivity contribution in [2.75, 3.05) is 13.2 Å². The molecule has 412 valence electrons. The Morgan fingerprint density at radius 2 is 0.843 bits per heavy atom. The van der Waals surface area contributed by atoms with E-state index in [-0.39, 0.29) is 6.61 Å². The van der Waals surface area contributed by atoms with Gasteiger partial charge < -0.3 is 45.4 Å². The number of allylic oxidation sites excluding steroid dienone is 5. The Balaban J connectivity index is 2.22. The number of hydrogen-bond acceptors (Lipinski definition) is 9. The van der Waals surface area contributed by atoms with Crippen LogP contribution >= 0.6 is 0 Å². The number of nitrogens with one attached hydrogen (secondary N) is 1. The normalized spacial score (nSPS) is 20.0. The van der Waals surface area contributed by atoms with E-state index >= 15 is 0 Å². The highest BCUT2D eigenvalue weighted by Gasteiger charge is 2.44. The van der Waals surface area contributed by atoms with Crippen molar-refractivity contribution < 1.29 is 44.9 Å². The first kappa shape index (κ1) is 66.4. The number of aliphatic hydroxyl groups excluding tert-OH is 6. The maximum Gasteiger partial charge on any atom is 0.249 e. The highest BCUT2D eigenvalue weighted by Crippen LogP contribution is 2.23. The molecular formula is C60H113NO9. The molecule has 1 heterocycles. The van der Waals surface area contributed by atoms with Gasteiger partial charge in [-0.25, -0.2) is 0 Å². The maximum atomic E-state index is 13.1. The molecule has 1 aliphatic heterocycles. The lowest BCUT2D eigenvalue weighted by atomic mass is 9.99. The average molecular weight is 993 g/mol. The lowest BCUT2D eigenvalue weighted by Crippen LogP contribution is -2.60. The number of ether oxygens (including phenoxy) is 2. The first-order valence-electron chi connectivity index (χ1n) is 29.8. The third kappa shape index (κ3) is 38.0. The van der Waals surface area contributed by atoms with Gasteiger partial charge in [-0.05, 0) is 57.8 Å². The first-order valence-corrected chi connectivity index (χ1v) is 29.8. The fourth-order valence-corrected chi connectivity index (χ4v) is 9.47. The summed E-state index contributed by atoms with van der Waals surface area (Å²) in [7, 11) is 0. The summed E-state index contributed by atoms with van der Waals surface area (Å²) >= 11 is 0. The molecule has 8 unspecified atom stereocenters. The largest absolute Gasteiger partial charge is 0.394 e. The van der Waals surface area contributed by atoms with Crippen LogP contribution in [-0.2, 0) is 14.3 Å². The summed E-state index contributed by atoms with van der Waals surface area (Å²) < 4.78 is 11.2. The van der Waals surface area contributed by atoms with Crippen LogP contribution in [0, 0.1) is 0 Å².